The molecule has 1 N–H and O–H groups in total. The summed E-state index contributed by atoms with van der Waals surface area (Å²) in [6.45, 7) is 5.83. The van der Waals surface area contributed by atoms with Crippen LogP contribution in [0, 0.1) is 0 Å². The molecule has 0 atom stereocenters. The van der Waals surface area contributed by atoms with Gasteiger partial charge in [-0.05, 0) is 26.0 Å². The second kappa shape index (κ2) is 5.89. The molecule has 1 amide bonds. The number of amides is 1. The van der Waals surface area contributed by atoms with Gasteiger partial charge < -0.3 is 9.64 Å². The quantitative estimate of drug-likeness (QED) is 0.839. The fourth-order valence-electron chi connectivity index (χ4n) is 1.26. The Balaban J connectivity index is 2.70. The number of hydrogen-bond acceptors (Lipinski definition) is 5. The second-order valence-electron chi connectivity index (χ2n) is 3.07. The monoisotopic (exact) mass is 224 g/mol. The van der Waals surface area contributed by atoms with Gasteiger partial charge in [0, 0.05) is 13.1 Å². The lowest BCUT2D eigenvalue weighted by Crippen LogP contribution is -2.23. The first kappa shape index (κ1) is 12.2. The molecule has 88 valence electrons. The van der Waals surface area contributed by atoms with Crippen molar-refractivity contribution in [1.29, 1.82) is 0 Å². The normalized spacial score (nSPS) is 9.69. The molecule has 0 saturated heterocycles. The van der Waals surface area contributed by atoms with Crippen LogP contribution in [0.2, 0.25) is 0 Å². The lowest BCUT2D eigenvalue weighted by atomic mass is 10.4. The Hall–Kier alpha value is -1.85. The van der Waals surface area contributed by atoms with Crippen molar-refractivity contribution in [3.63, 3.8) is 0 Å². The molecule has 0 aliphatic carbocycles. The van der Waals surface area contributed by atoms with E-state index < -0.39 is 6.09 Å². The van der Waals surface area contributed by atoms with Crippen molar-refractivity contribution in [3.05, 3.63) is 12.1 Å². The summed E-state index contributed by atoms with van der Waals surface area (Å²) in [4.78, 5) is 13.0. The molecule has 0 fully saturated rings. The molecular weight excluding hydrogens is 208 g/mol. The van der Waals surface area contributed by atoms with Gasteiger partial charge in [0.1, 0.15) is 0 Å². The number of ether oxygens (including phenoxy) is 1. The number of nitrogens with one attached hydrogen (secondary N) is 1. The highest BCUT2D eigenvalue weighted by atomic mass is 16.5. The molecule has 0 saturated carbocycles. The number of aromatic nitrogens is 2. The van der Waals surface area contributed by atoms with Crippen molar-refractivity contribution in [2.75, 3.05) is 30.4 Å². The number of carbonyl (C=O) groups is 1. The first-order chi connectivity index (χ1) is 7.71. The maximum atomic E-state index is 10.9. The van der Waals surface area contributed by atoms with Crippen LogP contribution in [0.5, 0.6) is 0 Å². The Morgan fingerprint density at radius 1 is 1.38 bits per heavy atom. The Kier molecular flexibility index (Phi) is 4.50. The molecule has 1 aromatic rings. The van der Waals surface area contributed by atoms with Crippen LogP contribution in [-0.4, -0.2) is 36.5 Å². The Bertz CT molecular complexity index is 335. The van der Waals surface area contributed by atoms with Gasteiger partial charge in [-0.25, -0.2) is 4.79 Å². The largest absolute Gasteiger partial charge is 0.453 e. The van der Waals surface area contributed by atoms with Gasteiger partial charge in [0.05, 0.1) is 7.11 Å². The highest BCUT2D eigenvalue weighted by molar-refractivity contribution is 5.83. The van der Waals surface area contributed by atoms with Gasteiger partial charge >= 0.3 is 6.09 Å². The second-order valence-corrected chi connectivity index (χ2v) is 3.07. The lowest BCUT2D eigenvalue weighted by Gasteiger charge is -2.18. The predicted octanol–water partition coefficient (Wildman–Crippen LogP) is 1.50. The maximum Gasteiger partial charge on any atom is 0.412 e. The van der Waals surface area contributed by atoms with E-state index in [1.54, 1.807) is 6.07 Å². The number of methoxy groups -OCH3 is 1. The molecular formula is C10H16N4O2. The molecule has 0 radical (unpaired) electrons. The molecule has 0 aromatic carbocycles. The van der Waals surface area contributed by atoms with E-state index in [0.29, 0.717) is 5.82 Å². The van der Waals surface area contributed by atoms with Crippen molar-refractivity contribution in [2.24, 2.45) is 0 Å². The van der Waals surface area contributed by atoms with Gasteiger partial charge in [-0.1, -0.05) is 0 Å². The van der Waals surface area contributed by atoms with E-state index in [1.807, 2.05) is 19.9 Å². The minimum atomic E-state index is -0.551. The van der Waals surface area contributed by atoms with Crippen LogP contribution in [0.1, 0.15) is 13.8 Å². The fraction of sp³-hybridized carbons (Fsp3) is 0.500. The van der Waals surface area contributed by atoms with E-state index in [0.717, 1.165) is 18.9 Å². The predicted molar refractivity (Wildman–Crippen MR) is 61.6 cm³/mol. The van der Waals surface area contributed by atoms with E-state index in [9.17, 15) is 4.79 Å². The topological polar surface area (TPSA) is 67.4 Å². The summed E-state index contributed by atoms with van der Waals surface area (Å²) in [5.74, 6) is 1.17. The van der Waals surface area contributed by atoms with Gasteiger partial charge in [-0.2, -0.15) is 0 Å². The molecule has 0 bridgehead atoms. The summed E-state index contributed by atoms with van der Waals surface area (Å²) in [5.41, 5.74) is 0. The van der Waals surface area contributed by atoms with E-state index in [1.165, 1.54) is 7.11 Å². The van der Waals surface area contributed by atoms with Crippen molar-refractivity contribution in [3.8, 4) is 0 Å². The highest BCUT2D eigenvalue weighted by Gasteiger charge is 2.06. The molecule has 0 aliphatic rings. The first-order valence-corrected chi connectivity index (χ1v) is 5.14. The van der Waals surface area contributed by atoms with E-state index in [4.69, 9.17) is 0 Å². The Morgan fingerprint density at radius 2 is 2.06 bits per heavy atom. The zero-order chi connectivity index (χ0) is 12.0. The van der Waals surface area contributed by atoms with Gasteiger partial charge in [-0.15, -0.1) is 10.2 Å². The van der Waals surface area contributed by atoms with E-state index in [-0.39, 0.29) is 0 Å². The molecule has 1 rings (SSSR count). The van der Waals surface area contributed by atoms with Crippen molar-refractivity contribution >= 4 is 17.7 Å². The number of hydrogen-bond donors (Lipinski definition) is 1. The minimum Gasteiger partial charge on any atom is -0.453 e. The van der Waals surface area contributed by atoms with Crippen LogP contribution < -0.4 is 10.2 Å². The van der Waals surface area contributed by atoms with Gasteiger partial charge in [0.2, 0.25) is 0 Å². The minimum absolute atomic E-state index is 0.378. The number of anilines is 2. The summed E-state index contributed by atoms with van der Waals surface area (Å²) < 4.78 is 4.45. The number of nitrogens with zero attached hydrogens (tertiary/aromatic N) is 3. The summed E-state index contributed by atoms with van der Waals surface area (Å²) in [6.07, 6.45) is -0.551. The summed E-state index contributed by atoms with van der Waals surface area (Å²) in [7, 11) is 1.30. The Morgan fingerprint density at radius 3 is 2.50 bits per heavy atom. The SMILES string of the molecule is CCN(CC)c1ccc(NC(=O)OC)nn1. The summed E-state index contributed by atoms with van der Waals surface area (Å²) in [6, 6.07) is 3.50. The zero-order valence-electron chi connectivity index (χ0n) is 9.73. The molecule has 0 aliphatic heterocycles. The van der Waals surface area contributed by atoms with Crippen LogP contribution in [0.15, 0.2) is 12.1 Å². The van der Waals surface area contributed by atoms with E-state index in [2.05, 4.69) is 25.2 Å². The summed E-state index contributed by atoms with van der Waals surface area (Å²) >= 11 is 0. The van der Waals surface area contributed by atoms with Crippen LogP contribution in [0.4, 0.5) is 16.4 Å². The molecule has 1 heterocycles. The van der Waals surface area contributed by atoms with E-state index >= 15 is 0 Å². The molecule has 6 nitrogen and oxygen atoms in total. The lowest BCUT2D eigenvalue weighted by molar-refractivity contribution is 0.187. The van der Waals surface area contributed by atoms with Crippen LogP contribution >= 0.6 is 0 Å². The molecule has 6 heteroatoms. The first-order valence-electron chi connectivity index (χ1n) is 5.14. The smallest absolute Gasteiger partial charge is 0.412 e. The van der Waals surface area contributed by atoms with Gasteiger partial charge in [-0.3, -0.25) is 5.32 Å². The van der Waals surface area contributed by atoms with Crippen LogP contribution in [0.25, 0.3) is 0 Å². The van der Waals surface area contributed by atoms with Crippen molar-refractivity contribution < 1.29 is 9.53 Å². The van der Waals surface area contributed by atoms with Gasteiger partial charge in [0.15, 0.2) is 11.6 Å². The fourth-order valence-corrected chi connectivity index (χ4v) is 1.26. The average molecular weight is 224 g/mol. The third-order valence-corrected chi connectivity index (χ3v) is 2.15. The van der Waals surface area contributed by atoms with Crippen LogP contribution in [0.3, 0.4) is 0 Å². The summed E-state index contributed by atoms with van der Waals surface area (Å²) in [5, 5.41) is 10.3. The third kappa shape index (κ3) is 3.08. The highest BCUT2D eigenvalue weighted by Crippen LogP contribution is 2.10. The van der Waals surface area contributed by atoms with Crippen molar-refractivity contribution in [1.82, 2.24) is 10.2 Å². The molecule has 16 heavy (non-hydrogen) atoms. The molecule has 0 unspecified atom stereocenters. The van der Waals surface area contributed by atoms with Crippen molar-refractivity contribution in [2.45, 2.75) is 13.8 Å². The van der Waals surface area contributed by atoms with Crippen LogP contribution in [-0.2, 0) is 4.74 Å². The standard InChI is InChI=1S/C10H16N4O2/c1-4-14(5-2)9-7-6-8(12-13-9)11-10(15)16-3/h6-7H,4-5H2,1-3H3,(H,11,12,15). The third-order valence-electron chi connectivity index (χ3n) is 2.15. The molecule has 0 spiro atoms. The zero-order valence-corrected chi connectivity index (χ0v) is 9.73. The van der Waals surface area contributed by atoms with Gasteiger partial charge in [0.25, 0.3) is 0 Å². The maximum absolute atomic E-state index is 10.9. The molecule has 1 aromatic heterocycles. The average Bonchev–Trinajstić information content (AvgIpc) is 2.32. The number of carbonyl (C=O) groups excluding carboxylic acids is 1. The Labute approximate surface area is 94.6 Å². The number of rotatable bonds is 4.